The van der Waals surface area contributed by atoms with Crippen LogP contribution < -0.4 is 5.32 Å². The summed E-state index contributed by atoms with van der Waals surface area (Å²) >= 11 is 0. The maximum atomic E-state index is 13.2. The second kappa shape index (κ2) is 9.18. The maximum Gasteiger partial charge on any atom is 0.227 e. The number of piperidine rings is 1. The topological polar surface area (TPSA) is 58.1 Å². The van der Waals surface area contributed by atoms with Crippen LogP contribution in [-0.4, -0.2) is 40.9 Å². The van der Waals surface area contributed by atoms with E-state index in [4.69, 9.17) is 0 Å². The molecule has 3 aromatic rings. The molecule has 1 atom stereocenters. The van der Waals surface area contributed by atoms with Gasteiger partial charge >= 0.3 is 0 Å². The lowest BCUT2D eigenvalue weighted by Gasteiger charge is -2.42. The molecule has 1 amide bonds. The minimum atomic E-state index is -0.458. The van der Waals surface area contributed by atoms with Gasteiger partial charge in [0.15, 0.2) is 0 Å². The lowest BCUT2D eigenvalue weighted by atomic mass is 9.73. The fourth-order valence-electron chi connectivity index (χ4n) is 4.60. The number of nitrogens with zero attached hydrogens (tertiary/aromatic N) is 3. The number of rotatable bonds is 6. The first kappa shape index (κ1) is 20.2. The van der Waals surface area contributed by atoms with Crippen LogP contribution in [0.3, 0.4) is 0 Å². The summed E-state index contributed by atoms with van der Waals surface area (Å²) in [7, 11) is 1.74. The van der Waals surface area contributed by atoms with E-state index in [-0.39, 0.29) is 5.91 Å². The van der Waals surface area contributed by atoms with E-state index in [0.29, 0.717) is 6.42 Å². The minimum absolute atomic E-state index is 0.120. The van der Waals surface area contributed by atoms with Crippen LogP contribution in [0, 0.1) is 5.41 Å². The molecule has 0 aliphatic carbocycles. The minimum Gasteiger partial charge on any atom is -0.359 e. The molecule has 0 radical (unpaired) electrons. The first-order valence-corrected chi connectivity index (χ1v) is 10.5. The standard InChI is InChI=1S/C25H28N4O/c1-26-24(30)25(12-7-15-29(19-25)18-22-10-4-5-14-28-22)16-20-8-2-3-11-23(20)21-9-6-13-27-17-21/h2-6,8-11,13-14,17H,7,12,15-16,18-19H2,1H3,(H,26,30)/t25-/m0/s1. The molecule has 3 heterocycles. The highest BCUT2D eigenvalue weighted by Crippen LogP contribution is 2.37. The number of nitrogens with one attached hydrogen (secondary N) is 1. The summed E-state index contributed by atoms with van der Waals surface area (Å²) in [6, 6.07) is 18.4. The van der Waals surface area contributed by atoms with E-state index >= 15 is 0 Å². The Morgan fingerprint density at radius 3 is 2.73 bits per heavy atom. The van der Waals surface area contributed by atoms with Crippen LogP contribution in [0.2, 0.25) is 0 Å². The first-order valence-electron chi connectivity index (χ1n) is 10.5. The Kier molecular flexibility index (Phi) is 6.19. The van der Waals surface area contributed by atoms with E-state index in [1.807, 2.05) is 42.7 Å². The summed E-state index contributed by atoms with van der Waals surface area (Å²) in [5, 5.41) is 2.95. The zero-order valence-corrected chi connectivity index (χ0v) is 17.4. The summed E-state index contributed by atoms with van der Waals surface area (Å²) in [5.41, 5.74) is 4.01. The van der Waals surface area contributed by atoms with E-state index in [1.165, 1.54) is 5.56 Å². The van der Waals surface area contributed by atoms with Gasteiger partial charge in [0, 0.05) is 44.3 Å². The fourth-order valence-corrected chi connectivity index (χ4v) is 4.60. The van der Waals surface area contributed by atoms with Crippen LogP contribution in [0.1, 0.15) is 24.1 Å². The number of carbonyl (C=O) groups excluding carboxylic acids is 1. The highest BCUT2D eigenvalue weighted by atomic mass is 16.2. The highest BCUT2D eigenvalue weighted by molar-refractivity contribution is 5.83. The molecule has 154 valence electrons. The number of aromatic nitrogens is 2. The molecule has 0 unspecified atom stereocenters. The Balaban J connectivity index is 1.63. The van der Waals surface area contributed by atoms with Crippen molar-refractivity contribution in [3.63, 3.8) is 0 Å². The Morgan fingerprint density at radius 2 is 1.97 bits per heavy atom. The quantitative estimate of drug-likeness (QED) is 0.685. The Bertz CT molecular complexity index is 977. The number of hydrogen-bond donors (Lipinski definition) is 1. The van der Waals surface area contributed by atoms with Crippen LogP contribution in [0.25, 0.3) is 11.1 Å². The molecule has 5 heteroatoms. The molecule has 1 aliphatic heterocycles. The van der Waals surface area contributed by atoms with Gasteiger partial charge in [0.05, 0.1) is 11.1 Å². The molecule has 30 heavy (non-hydrogen) atoms. The van der Waals surface area contributed by atoms with E-state index in [1.54, 1.807) is 13.2 Å². The van der Waals surface area contributed by atoms with E-state index in [2.05, 4.69) is 44.5 Å². The summed E-state index contributed by atoms with van der Waals surface area (Å²) in [6.45, 7) is 2.48. The van der Waals surface area contributed by atoms with Crippen LogP contribution in [-0.2, 0) is 17.8 Å². The lowest BCUT2D eigenvalue weighted by Crippen LogP contribution is -2.52. The second-order valence-corrected chi connectivity index (χ2v) is 8.07. The predicted octanol–water partition coefficient (Wildman–Crippen LogP) is 3.71. The van der Waals surface area contributed by atoms with Crippen molar-refractivity contribution in [1.29, 1.82) is 0 Å². The molecule has 0 spiro atoms. The molecule has 4 rings (SSSR count). The van der Waals surface area contributed by atoms with Gasteiger partial charge in [-0.05, 0) is 55.1 Å². The largest absolute Gasteiger partial charge is 0.359 e. The molecule has 5 nitrogen and oxygen atoms in total. The van der Waals surface area contributed by atoms with Gasteiger partial charge in [-0.15, -0.1) is 0 Å². The van der Waals surface area contributed by atoms with Crippen molar-refractivity contribution in [3.05, 3.63) is 84.4 Å². The van der Waals surface area contributed by atoms with Crippen LogP contribution in [0.4, 0.5) is 0 Å². The van der Waals surface area contributed by atoms with Crippen molar-refractivity contribution in [2.75, 3.05) is 20.1 Å². The molecular formula is C25H28N4O. The molecular weight excluding hydrogens is 372 g/mol. The van der Waals surface area contributed by atoms with E-state index in [9.17, 15) is 4.79 Å². The Morgan fingerprint density at radius 1 is 1.10 bits per heavy atom. The Hall–Kier alpha value is -3.05. The number of hydrogen-bond acceptors (Lipinski definition) is 4. The number of carbonyl (C=O) groups is 1. The SMILES string of the molecule is CNC(=O)[C@]1(Cc2ccccc2-c2cccnc2)CCCN(Cc2ccccn2)C1. The molecule has 1 aromatic carbocycles. The zero-order chi connectivity index (χ0) is 20.8. The van der Waals surface area contributed by atoms with Crippen LogP contribution >= 0.6 is 0 Å². The average Bonchev–Trinajstić information content (AvgIpc) is 2.80. The molecule has 1 N–H and O–H groups in total. The van der Waals surface area contributed by atoms with E-state index < -0.39 is 5.41 Å². The van der Waals surface area contributed by atoms with Gasteiger partial charge in [-0.3, -0.25) is 19.7 Å². The summed E-state index contributed by atoms with van der Waals surface area (Å²) in [4.78, 5) is 24.3. The monoisotopic (exact) mass is 400 g/mol. The molecule has 0 saturated carbocycles. The predicted molar refractivity (Wildman–Crippen MR) is 119 cm³/mol. The van der Waals surface area contributed by atoms with Crippen molar-refractivity contribution in [1.82, 2.24) is 20.2 Å². The van der Waals surface area contributed by atoms with Gasteiger partial charge in [-0.25, -0.2) is 0 Å². The smallest absolute Gasteiger partial charge is 0.227 e. The van der Waals surface area contributed by atoms with Crippen molar-refractivity contribution < 1.29 is 4.79 Å². The number of likely N-dealkylation sites (tertiary alicyclic amines) is 1. The summed E-state index contributed by atoms with van der Waals surface area (Å²) in [6.07, 6.45) is 8.09. The molecule has 1 fully saturated rings. The van der Waals surface area contributed by atoms with Gasteiger partial charge in [0.25, 0.3) is 0 Å². The third-order valence-electron chi connectivity index (χ3n) is 6.00. The van der Waals surface area contributed by atoms with Crippen molar-refractivity contribution in [3.8, 4) is 11.1 Å². The maximum absolute atomic E-state index is 13.2. The highest BCUT2D eigenvalue weighted by Gasteiger charge is 2.42. The molecule has 1 aliphatic rings. The first-order chi connectivity index (χ1) is 14.7. The average molecular weight is 401 g/mol. The third kappa shape index (κ3) is 4.41. The van der Waals surface area contributed by atoms with Gasteiger partial charge in [-0.2, -0.15) is 0 Å². The van der Waals surface area contributed by atoms with Crippen LogP contribution in [0.15, 0.2) is 73.2 Å². The summed E-state index contributed by atoms with van der Waals surface area (Å²) in [5.74, 6) is 0.120. The van der Waals surface area contributed by atoms with Crippen LogP contribution in [0.5, 0.6) is 0 Å². The molecule has 0 bridgehead atoms. The number of benzene rings is 1. The normalized spacial score (nSPS) is 19.4. The second-order valence-electron chi connectivity index (χ2n) is 8.07. The van der Waals surface area contributed by atoms with Crippen molar-refractivity contribution in [2.45, 2.75) is 25.8 Å². The van der Waals surface area contributed by atoms with Crippen molar-refractivity contribution in [2.24, 2.45) is 5.41 Å². The lowest BCUT2D eigenvalue weighted by molar-refractivity contribution is -0.134. The van der Waals surface area contributed by atoms with Crippen molar-refractivity contribution >= 4 is 5.91 Å². The van der Waals surface area contributed by atoms with E-state index in [0.717, 1.165) is 49.3 Å². The fraction of sp³-hybridized carbons (Fsp3) is 0.320. The van der Waals surface area contributed by atoms with Gasteiger partial charge < -0.3 is 5.32 Å². The van der Waals surface area contributed by atoms with Gasteiger partial charge in [0.1, 0.15) is 0 Å². The third-order valence-corrected chi connectivity index (χ3v) is 6.00. The molecule has 2 aromatic heterocycles. The Labute approximate surface area is 178 Å². The zero-order valence-electron chi connectivity index (χ0n) is 17.4. The number of pyridine rings is 2. The van der Waals surface area contributed by atoms with Gasteiger partial charge in [-0.1, -0.05) is 36.4 Å². The molecule has 1 saturated heterocycles. The van der Waals surface area contributed by atoms with Gasteiger partial charge in [0.2, 0.25) is 5.91 Å². The summed E-state index contributed by atoms with van der Waals surface area (Å²) < 4.78 is 0. The number of amides is 1.